The van der Waals surface area contributed by atoms with Gasteiger partial charge in [-0.25, -0.2) is 19.7 Å². The van der Waals surface area contributed by atoms with Gasteiger partial charge in [-0.3, -0.25) is 0 Å². The van der Waals surface area contributed by atoms with Gasteiger partial charge in [0.1, 0.15) is 6.33 Å². The second kappa shape index (κ2) is 7.98. The summed E-state index contributed by atoms with van der Waals surface area (Å²) in [5, 5.41) is 10.3. The molecule has 2 N–H and O–H groups in total. The zero-order chi connectivity index (χ0) is 18.7. The molecule has 1 atom stereocenters. The van der Waals surface area contributed by atoms with Crippen LogP contribution in [0.1, 0.15) is 18.8 Å². The van der Waals surface area contributed by atoms with Crippen LogP contribution in [0.15, 0.2) is 41.4 Å². The summed E-state index contributed by atoms with van der Waals surface area (Å²) in [7, 11) is 0. The molecule has 2 aromatic heterocycles. The third kappa shape index (κ3) is 4.12. The second-order valence-corrected chi connectivity index (χ2v) is 6.84. The lowest BCUT2D eigenvalue weighted by Gasteiger charge is -2.16. The third-order valence-electron chi connectivity index (χ3n) is 3.30. The molecule has 11 heteroatoms. The molecule has 0 aliphatic heterocycles. The second-order valence-electron chi connectivity index (χ2n) is 5.14. The zero-order valence-corrected chi connectivity index (χ0v) is 16.4. The van der Waals surface area contributed by atoms with Gasteiger partial charge in [-0.2, -0.15) is 9.78 Å². The van der Waals surface area contributed by atoms with E-state index < -0.39 is 12.1 Å². The molecule has 3 rings (SSSR count). The van der Waals surface area contributed by atoms with Crippen LogP contribution in [0.5, 0.6) is 0 Å². The van der Waals surface area contributed by atoms with Crippen LogP contribution in [-0.2, 0) is 0 Å². The fourth-order valence-electron chi connectivity index (χ4n) is 2.17. The highest BCUT2D eigenvalue weighted by atomic mass is 79.9. The van der Waals surface area contributed by atoms with Crippen molar-refractivity contribution in [3.63, 3.8) is 0 Å². The molecular weight excluding hydrogens is 445 g/mol. The van der Waals surface area contributed by atoms with E-state index in [0.717, 1.165) is 0 Å². The van der Waals surface area contributed by atoms with Gasteiger partial charge in [0, 0.05) is 21.9 Å². The maximum absolute atomic E-state index is 12.3. The Hall–Kier alpha value is -2.23. The van der Waals surface area contributed by atoms with Gasteiger partial charge in [-0.05, 0) is 41.1 Å². The van der Waals surface area contributed by atoms with Crippen molar-refractivity contribution in [2.45, 2.75) is 13.0 Å². The smallest absolute Gasteiger partial charge is 0.319 e. The van der Waals surface area contributed by atoms with Gasteiger partial charge in [0.15, 0.2) is 5.82 Å². The van der Waals surface area contributed by atoms with Crippen LogP contribution >= 0.6 is 39.1 Å². The van der Waals surface area contributed by atoms with Crippen molar-refractivity contribution in [3.05, 3.63) is 57.3 Å². The molecule has 1 unspecified atom stereocenters. The predicted molar refractivity (Wildman–Crippen MR) is 102 cm³/mol. The van der Waals surface area contributed by atoms with Gasteiger partial charge < -0.3 is 10.6 Å². The summed E-state index contributed by atoms with van der Waals surface area (Å²) in [5.41, 5.74) is 0.411. The van der Waals surface area contributed by atoms with E-state index in [1.54, 1.807) is 31.5 Å². The first-order valence-electron chi connectivity index (χ1n) is 7.35. The van der Waals surface area contributed by atoms with Crippen LogP contribution in [-0.4, -0.2) is 30.8 Å². The molecule has 2 heterocycles. The van der Waals surface area contributed by atoms with Crippen molar-refractivity contribution < 1.29 is 4.79 Å². The molecule has 0 saturated carbocycles. The van der Waals surface area contributed by atoms with Crippen LogP contribution in [0.2, 0.25) is 10.0 Å². The normalized spacial score (nSPS) is 11.8. The average Bonchev–Trinajstić information content (AvgIpc) is 3.08. The summed E-state index contributed by atoms with van der Waals surface area (Å²) in [5.74, 6) is 0.838. The van der Waals surface area contributed by atoms with Crippen molar-refractivity contribution in [1.29, 1.82) is 0 Å². The Morgan fingerprint density at radius 2 is 1.96 bits per heavy atom. The molecule has 134 valence electrons. The Morgan fingerprint density at radius 1 is 1.23 bits per heavy atom. The number of halogens is 3. The van der Waals surface area contributed by atoms with Gasteiger partial charge in [0.05, 0.1) is 16.8 Å². The molecule has 0 aliphatic carbocycles. The predicted octanol–water partition coefficient (Wildman–Crippen LogP) is 4.01. The van der Waals surface area contributed by atoms with E-state index in [2.05, 4.69) is 46.6 Å². The Labute approximate surface area is 167 Å². The fourth-order valence-corrected chi connectivity index (χ4v) is 3.52. The van der Waals surface area contributed by atoms with Gasteiger partial charge >= 0.3 is 6.03 Å². The van der Waals surface area contributed by atoms with E-state index in [1.807, 2.05) is 0 Å². The minimum absolute atomic E-state index is 0.313. The van der Waals surface area contributed by atoms with Crippen LogP contribution < -0.4 is 10.6 Å². The summed E-state index contributed by atoms with van der Waals surface area (Å²) in [6, 6.07) is 3.94. The van der Waals surface area contributed by atoms with Crippen LogP contribution in [0.4, 0.5) is 10.5 Å². The maximum atomic E-state index is 12.3. The molecule has 0 bridgehead atoms. The van der Waals surface area contributed by atoms with Crippen molar-refractivity contribution in [1.82, 2.24) is 30.0 Å². The zero-order valence-electron chi connectivity index (χ0n) is 13.3. The molecule has 0 saturated heterocycles. The first kappa shape index (κ1) is 18.6. The maximum Gasteiger partial charge on any atom is 0.319 e. The number of urea groups is 1. The number of nitrogens with zero attached hydrogens (tertiary/aromatic N) is 5. The van der Waals surface area contributed by atoms with Gasteiger partial charge in [-0.1, -0.05) is 23.2 Å². The Bertz CT molecular complexity index is 912. The third-order valence-corrected chi connectivity index (χ3v) is 4.44. The van der Waals surface area contributed by atoms with Crippen molar-refractivity contribution >= 4 is 50.9 Å². The highest BCUT2D eigenvalue weighted by Gasteiger charge is 2.19. The minimum atomic E-state index is -0.467. The van der Waals surface area contributed by atoms with Gasteiger partial charge in [0.25, 0.3) is 5.95 Å². The molecule has 2 amide bonds. The van der Waals surface area contributed by atoms with Crippen molar-refractivity contribution in [2.75, 3.05) is 5.32 Å². The lowest BCUT2D eigenvalue weighted by Crippen LogP contribution is -2.33. The monoisotopic (exact) mass is 455 g/mol. The Morgan fingerprint density at radius 3 is 2.65 bits per heavy atom. The number of nitrogens with one attached hydrogen (secondary N) is 2. The standard InChI is InChI=1S/C15H12BrCl2N7O/c1-8(13-21-7-22-25(13)14-19-3-2-4-20-14)23-15(26)24-12-10(16)5-9(17)6-11(12)18/h2-8H,1H3,(H2,23,24,26). The average molecular weight is 457 g/mol. The molecule has 3 aromatic rings. The summed E-state index contributed by atoms with van der Waals surface area (Å²) >= 11 is 15.4. The summed E-state index contributed by atoms with van der Waals surface area (Å²) in [6.45, 7) is 1.77. The minimum Gasteiger partial charge on any atom is -0.328 e. The Kier molecular flexibility index (Phi) is 5.70. The molecule has 0 fully saturated rings. The molecule has 1 aromatic carbocycles. The van der Waals surface area contributed by atoms with E-state index in [0.29, 0.717) is 32.0 Å². The first-order chi connectivity index (χ1) is 12.5. The summed E-state index contributed by atoms with van der Waals surface area (Å²) < 4.78 is 2.02. The highest BCUT2D eigenvalue weighted by molar-refractivity contribution is 9.10. The van der Waals surface area contributed by atoms with E-state index in [9.17, 15) is 4.79 Å². The number of aromatic nitrogens is 5. The van der Waals surface area contributed by atoms with Crippen LogP contribution in [0.25, 0.3) is 5.95 Å². The lowest BCUT2D eigenvalue weighted by atomic mass is 10.3. The number of amides is 2. The lowest BCUT2D eigenvalue weighted by molar-refractivity contribution is 0.248. The first-order valence-corrected chi connectivity index (χ1v) is 8.90. The van der Waals surface area contributed by atoms with Crippen LogP contribution in [0, 0.1) is 0 Å². The van der Waals surface area contributed by atoms with E-state index >= 15 is 0 Å². The molecular formula is C15H12BrCl2N7O. The molecule has 0 radical (unpaired) electrons. The topological polar surface area (TPSA) is 97.6 Å². The van der Waals surface area contributed by atoms with E-state index in [4.69, 9.17) is 23.2 Å². The molecule has 0 aliphatic rings. The number of rotatable bonds is 4. The summed E-state index contributed by atoms with van der Waals surface area (Å²) in [6.07, 6.45) is 4.56. The highest BCUT2D eigenvalue weighted by Crippen LogP contribution is 2.33. The van der Waals surface area contributed by atoms with Gasteiger partial charge in [0.2, 0.25) is 0 Å². The molecule has 8 nitrogen and oxygen atoms in total. The molecule has 0 spiro atoms. The van der Waals surface area contributed by atoms with Crippen molar-refractivity contribution in [3.8, 4) is 5.95 Å². The number of hydrogen-bond donors (Lipinski definition) is 2. The summed E-state index contributed by atoms with van der Waals surface area (Å²) in [4.78, 5) is 24.8. The van der Waals surface area contributed by atoms with Gasteiger partial charge in [-0.15, -0.1) is 0 Å². The number of anilines is 1. The number of carbonyl (C=O) groups is 1. The Balaban J connectivity index is 1.74. The largest absolute Gasteiger partial charge is 0.328 e. The fraction of sp³-hybridized carbons (Fsp3) is 0.133. The number of carbonyl (C=O) groups excluding carboxylic acids is 1. The molecule has 26 heavy (non-hydrogen) atoms. The van der Waals surface area contributed by atoms with E-state index in [1.165, 1.54) is 17.1 Å². The SMILES string of the molecule is CC(NC(=O)Nc1c(Cl)cc(Cl)cc1Br)c1ncnn1-c1ncccn1. The van der Waals surface area contributed by atoms with E-state index in [-0.39, 0.29) is 0 Å². The van der Waals surface area contributed by atoms with Crippen LogP contribution in [0.3, 0.4) is 0 Å². The number of hydrogen-bond acceptors (Lipinski definition) is 5. The number of benzene rings is 1. The van der Waals surface area contributed by atoms with Crippen molar-refractivity contribution in [2.24, 2.45) is 0 Å². The quantitative estimate of drug-likeness (QED) is 0.618.